The topological polar surface area (TPSA) is 49.3 Å². The first-order valence-corrected chi connectivity index (χ1v) is 7.03. The van der Waals surface area contributed by atoms with E-state index in [0.717, 1.165) is 6.42 Å². The number of hydrogen-bond acceptors (Lipinski definition) is 3. The standard InChI is InChI=1S/C14H19NO2S/c1-9(16)14(2,3)15-13(17)12-8-10-6-4-5-7-11(10)18-12/h4-7,9,12,16H,8H2,1-3H3,(H,15,17). The molecule has 0 saturated heterocycles. The van der Waals surface area contributed by atoms with Crippen LogP contribution in [0.5, 0.6) is 0 Å². The molecule has 1 aliphatic rings. The minimum absolute atomic E-state index is 0.00194. The van der Waals surface area contributed by atoms with Crippen LogP contribution < -0.4 is 5.32 Å². The van der Waals surface area contributed by atoms with Crippen molar-refractivity contribution in [3.63, 3.8) is 0 Å². The second kappa shape index (κ2) is 4.94. The van der Waals surface area contributed by atoms with Crippen LogP contribution in [-0.2, 0) is 11.2 Å². The van der Waals surface area contributed by atoms with Crippen molar-refractivity contribution in [2.24, 2.45) is 0 Å². The SMILES string of the molecule is CC(O)C(C)(C)NC(=O)C1Cc2ccccc2S1. The predicted molar refractivity (Wildman–Crippen MR) is 73.7 cm³/mol. The van der Waals surface area contributed by atoms with E-state index in [1.165, 1.54) is 10.5 Å². The number of amides is 1. The number of hydrogen-bond donors (Lipinski definition) is 2. The lowest BCUT2D eigenvalue weighted by Gasteiger charge is -2.30. The Morgan fingerprint density at radius 2 is 2.17 bits per heavy atom. The summed E-state index contributed by atoms with van der Waals surface area (Å²) < 4.78 is 0. The molecule has 1 aromatic rings. The second-order valence-corrected chi connectivity index (χ2v) is 6.55. The van der Waals surface area contributed by atoms with Gasteiger partial charge in [-0.1, -0.05) is 18.2 Å². The number of carbonyl (C=O) groups is 1. The van der Waals surface area contributed by atoms with Crippen LogP contribution in [0, 0.1) is 0 Å². The van der Waals surface area contributed by atoms with E-state index in [1.807, 2.05) is 32.0 Å². The molecule has 1 amide bonds. The van der Waals surface area contributed by atoms with Crippen LogP contribution in [0.2, 0.25) is 0 Å². The van der Waals surface area contributed by atoms with E-state index < -0.39 is 11.6 Å². The van der Waals surface area contributed by atoms with Crippen LogP contribution in [0.4, 0.5) is 0 Å². The van der Waals surface area contributed by atoms with Crippen molar-refractivity contribution in [1.82, 2.24) is 5.32 Å². The van der Waals surface area contributed by atoms with Gasteiger partial charge in [0.2, 0.25) is 5.91 Å². The smallest absolute Gasteiger partial charge is 0.234 e. The molecule has 1 aromatic carbocycles. The summed E-state index contributed by atoms with van der Waals surface area (Å²) in [5.74, 6) is 0.00194. The molecule has 1 aliphatic heterocycles. The van der Waals surface area contributed by atoms with E-state index in [1.54, 1.807) is 18.7 Å². The molecule has 3 nitrogen and oxygen atoms in total. The highest BCUT2D eigenvalue weighted by atomic mass is 32.2. The lowest BCUT2D eigenvalue weighted by Crippen LogP contribution is -2.53. The number of aliphatic hydroxyl groups excluding tert-OH is 1. The summed E-state index contributed by atoms with van der Waals surface area (Å²) in [4.78, 5) is 13.4. The molecule has 0 fully saturated rings. The molecule has 18 heavy (non-hydrogen) atoms. The van der Waals surface area contributed by atoms with Crippen molar-refractivity contribution in [1.29, 1.82) is 0 Å². The molecule has 98 valence electrons. The molecule has 0 spiro atoms. The zero-order valence-corrected chi connectivity index (χ0v) is 11.8. The third-order valence-corrected chi connectivity index (χ3v) is 4.75. The highest BCUT2D eigenvalue weighted by Gasteiger charge is 2.33. The summed E-state index contributed by atoms with van der Waals surface area (Å²) in [5.41, 5.74) is 0.643. The van der Waals surface area contributed by atoms with Gasteiger partial charge in [-0.3, -0.25) is 4.79 Å². The van der Waals surface area contributed by atoms with Gasteiger partial charge in [0, 0.05) is 4.90 Å². The lowest BCUT2D eigenvalue weighted by atomic mass is 9.98. The Labute approximate surface area is 112 Å². The predicted octanol–water partition coefficient (Wildman–Crippen LogP) is 1.98. The third-order valence-electron chi connectivity index (χ3n) is 3.43. The Kier molecular flexibility index (Phi) is 3.69. The first-order valence-electron chi connectivity index (χ1n) is 6.15. The van der Waals surface area contributed by atoms with Crippen molar-refractivity contribution in [2.45, 2.75) is 49.0 Å². The first-order chi connectivity index (χ1) is 8.40. The highest BCUT2D eigenvalue weighted by molar-refractivity contribution is 8.01. The fourth-order valence-corrected chi connectivity index (χ4v) is 3.03. The molecule has 0 radical (unpaired) electrons. The summed E-state index contributed by atoms with van der Waals surface area (Å²) >= 11 is 1.60. The minimum atomic E-state index is -0.591. The minimum Gasteiger partial charge on any atom is -0.391 e. The van der Waals surface area contributed by atoms with Gasteiger partial charge in [0.15, 0.2) is 0 Å². The van der Waals surface area contributed by atoms with Crippen molar-refractivity contribution in [2.75, 3.05) is 0 Å². The lowest BCUT2D eigenvalue weighted by molar-refractivity contribution is -0.123. The second-order valence-electron chi connectivity index (χ2n) is 5.31. The molecule has 1 heterocycles. The highest BCUT2D eigenvalue weighted by Crippen LogP contribution is 2.37. The monoisotopic (exact) mass is 265 g/mol. The maximum Gasteiger partial charge on any atom is 0.234 e. The Balaban J connectivity index is 2.02. The molecule has 2 unspecified atom stereocenters. The zero-order valence-electron chi connectivity index (χ0n) is 10.9. The average Bonchev–Trinajstić information content (AvgIpc) is 2.71. The van der Waals surface area contributed by atoms with Crippen molar-refractivity contribution >= 4 is 17.7 Å². The molecule has 2 atom stereocenters. The van der Waals surface area contributed by atoms with Crippen LogP contribution in [-0.4, -0.2) is 27.9 Å². The van der Waals surface area contributed by atoms with Gasteiger partial charge >= 0.3 is 0 Å². The van der Waals surface area contributed by atoms with E-state index in [9.17, 15) is 9.90 Å². The van der Waals surface area contributed by atoms with Gasteiger partial charge in [0.25, 0.3) is 0 Å². The van der Waals surface area contributed by atoms with Crippen LogP contribution in [0.15, 0.2) is 29.2 Å². The molecular formula is C14H19NO2S. The normalized spacial score (nSPS) is 20.3. The van der Waals surface area contributed by atoms with Gasteiger partial charge in [-0.2, -0.15) is 0 Å². The Bertz CT molecular complexity index is 432. The molecular weight excluding hydrogens is 246 g/mol. The molecule has 0 saturated carbocycles. The quantitative estimate of drug-likeness (QED) is 0.878. The molecule has 0 aromatic heterocycles. The number of nitrogens with one attached hydrogen (secondary N) is 1. The summed E-state index contributed by atoms with van der Waals surface area (Å²) in [7, 11) is 0. The van der Waals surface area contributed by atoms with Gasteiger partial charge in [-0.15, -0.1) is 11.8 Å². The van der Waals surface area contributed by atoms with Gasteiger partial charge in [0.05, 0.1) is 16.9 Å². The van der Waals surface area contributed by atoms with Gasteiger partial charge in [-0.05, 0) is 38.8 Å². The first kappa shape index (κ1) is 13.4. The average molecular weight is 265 g/mol. The fourth-order valence-electron chi connectivity index (χ4n) is 1.83. The van der Waals surface area contributed by atoms with Crippen LogP contribution in [0.1, 0.15) is 26.3 Å². The molecule has 4 heteroatoms. The number of aliphatic hydroxyl groups is 1. The number of benzene rings is 1. The van der Waals surface area contributed by atoms with E-state index in [-0.39, 0.29) is 11.2 Å². The summed E-state index contributed by atoms with van der Waals surface area (Å²) in [6.45, 7) is 5.36. The number of fused-ring (bicyclic) bond motifs is 1. The number of rotatable bonds is 3. The Hall–Kier alpha value is -1.00. The Morgan fingerprint density at radius 1 is 1.50 bits per heavy atom. The van der Waals surface area contributed by atoms with Crippen molar-refractivity contribution in [3.05, 3.63) is 29.8 Å². The van der Waals surface area contributed by atoms with Crippen LogP contribution in [0.25, 0.3) is 0 Å². The largest absolute Gasteiger partial charge is 0.391 e. The molecule has 0 bridgehead atoms. The van der Waals surface area contributed by atoms with E-state index in [4.69, 9.17) is 0 Å². The summed E-state index contributed by atoms with van der Waals surface area (Å²) in [5, 5.41) is 12.5. The Morgan fingerprint density at radius 3 is 2.78 bits per heavy atom. The van der Waals surface area contributed by atoms with Gasteiger partial charge in [0.1, 0.15) is 0 Å². The number of carbonyl (C=O) groups excluding carboxylic acids is 1. The molecule has 2 N–H and O–H groups in total. The van der Waals surface area contributed by atoms with Crippen LogP contribution >= 0.6 is 11.8 Å². The maximum atomic E-state index is 12.2. The summed E-state index contributed by atoms with van der Waals surface area (Å²) in [6.07, 6.45) is 0.193. The van der Waals surface area contributed by atoms with Crippen molar-refractivity contribution in [3.8, 4) is 0 Å². The van der Waals surface area contributed by atoms with E-state index in [2.05, 4.69) is 11.4 Å². The molecule has 2 rings (SSSR count). The van der Waals surface area contributed by atoms with Gasteiger partial charge < -0.3 is 10.4 Å². The zero-order chi connectivity index (χ0) is 13.3. The molecule has 0 aliphatic carbocycles. The third kappa shape index (κ3) is 2.70. The summed E-state index contributed by atoms with van der Waals surface area (Å²) in [6, 6.07) is 8.10. The van der Waals surface area contributed by atoms with E-state index in [0.29, 0.717) is 0 Å². The van der Waals surface area contributed by atoms with Gasteiger partial charge in [-0.25, -0.2) is 0 Å². The van der Waals surface area contributed by atoms with E-state index >= 15 is 0 Å². The van der Waals surface area contributed by atoms with Crippen molar-refractivity contribution < 1.29 is 9.90 Å². The fraction of sp³-hybridized carbons (Fsp3) is 0.500. The number of thioether (sulfide) groups is 1. The van der Waals surface area contributed by atoms with Crippen LogP contribution in [0.3, 0.4) is 0 Å². The maximum absolute atomic E-state index is 12.2.